The Balaban J connectivity index is 1.40. The first kappa shape index (κ1) is 19.5. The lowest BCUT2D eigenvalue weighted by Gasteiger charge is -2.45. The minimum Gasteiger partial charge on any atom is -0.272 e. The number of nitrogens with zero attached hydrogens (tertiary/aromatic N) is 1. The smallest absolute Gasteiger partial charge is 0.270 e. The van der Waals surface area contributed by atoms with Crippen molar-refractivity contribution < 1.29 is 14.4 Å². The van der Waals surface area contributed by atoms with Gasteiger partial charge in [-0.05, 0) is 40.5 Å². The van der Waals surface area contributed by atoms with E-state index in [-0.39, 0.29) is 34.2 Å². The molecule has 5 nitrogen and oxygen atoms in total. The third kappa shape index (κ3) is 2.55. The molecule has 2 atom stereocenters. The zero-order valence-corrected chi connectivity index (χ0v) is 18.1. The molecule has 1 fully saturated rings. The minimum atomic E-state index is -0.591. The van der Waals surface area contributed by atoms with Gasteiger partial charge in [-0.3, -0.25) is 19.8 Å². The van der Waals surface area contributed by atoms with Crippen LogP contribution in [0.3, 0.4) is 0 Å². The van der Waals surface area contributed by atoms with Crippen LogP contribution < -0.4 is 5.43 Å². The highest BCUT2D eigenvalue weighted by atomic mass is 35.5. The van der Waals surface area contributed by atoms with Gasteiger partial charge in [0.25, 0.3) is 17.7 Å². The lowest BCUT2D eigenvalue weighted by atomic mass is 9.55. The number of benzene rings is 3. The highest BCUT2D eigenvalue weighted by Crippen LogP contribution is 2.60. The Morgan fingerprint density at radius 3 is 1.62 bits per heavy atom. The van der Waals surface area contributed by atoms with Gasteiger partial charge >= 0.3 is 0 Å². The molecule has 158 valence electrons. The summed E-state index contributed by atoms with van der Waals surface area (Å²) in [6.45, 7) is 0. The third-order valence-electron chi connectivity index (χ3n) is 6.84. The number of carbonyl (C=O) groups excluding carboxylic acids is 3. The Kier molecular flexibility index (Phi) is 4.23. The van der Waals surface area contributed by atoms with Gasteiger partial charge in [-0.2, -0.15) is 5.01 Å². The van der Waals surface area contributed by atoms with Crippen LogP contribution in [0.5, 0.6) is 0 Å². The zero-order chi connectivity index (χ0) is 22.1. The van der Waals surface area contributed by atoms with Crippen LogP contribution in [0.25, 0.3) is 0 Å². The molecule has 2 bridgehead atoms. The maximum Gasteiger partial charge on any atom is 0.270 e. The molecule has 0 radical (unpaired) electrons. The van der Waals surface area contributed by atoms with E-state index in [1.807, 2.05) is 48.5 Å². The van der Waals surface area contributed by atoms with Crippen molar-refractivity contribution in [3.8, 4) is 0 Å². The predicted molar refractivity (Wildman–Crippen MR) is 119 cm³/mol. The van der Waals surface area contributed by atoms with E-state index in [9.17, 15) is 14.4 Å². The highest BCUT2D eigenvalue weighted by molar-refractivity contribution is 6.42. The molecule has 1 heterocycles. The van der Waals surface area contributed by atoms with Gasteiger partial charge in [0.15, 0.2) is 0 Å². The van der Waals surface area contributed by atoms with Gasteiger partial charge in [-0.1, -0.05) is 71.7 Å². The summed E-state index contributed by atoms with van der Waals surface area (Å²) in [5, 5.41) is 1.43. The van der Waals surface area contributed by atoms with Gasteiger partial charge in [-0.15, -0.1) is 0 Å². The second-order valence-corrected chi connectivity index (χ2v) is 9.16. The van der Waals surface area contributed by atoms with E-state index < -0.39 is 17.7 Å². The second kappa shape index (κ2) is 6.92. The average Bonchev–Trinajstić information content (AvgIpc) is 3.06. The molecular formula is C25H16Cl2N2O3. The number of imide groups is 1. The van der Waals surface area contributed by atoms with Gasteiger partial charge in [0.2, 0.25) is 0 Å². The van der Waals surface area contributed by atoms with Crippen molar-refractivity contribution in [2.24, 2.45) is 11.8 Å². The Morgan fingerprint density at radius 1 is 0.719 bits per heavy atom. The SMILES string of the molecule is O=C(NN1C(=O)[C@H]2C3c4ccccc4C(c4ccccc43)[C@@H]2C1=O)c1ccc(Cl)c(Cl)c1. The van der Waals surface area contributed by atoms with E-state index in [4.69, 9.17) is 23.2 Å². The Morgan fingerprint density at radius 2 is 1.19 bits per heavy atom. The molecule has 3 aliphatic carbocycles. The lowest BCUT2D eigenvalue weighted by Crippen LogP contribution is -2.46. The highest BCUT2D eigenvalue weighted by Gasteiger charge is 2.62. The minimum absolute atomic E-state index is 0.212. The van der Waals surface area contributed by atoms with Gasteiger partial charge < -0.3 is 0 Å². The summed E-state index contributed by atoms with van der Waals surface area (Å²) in [5.74, 6) is -2.90. The van der Waals surface area contributed by atoms with E-state index in [0.717, 1.165) is 27.3 Å². The molecule has 7 heteroatoms. The topological polar surface area (TPSA) is 66.5 Å². The molecule has 32 heavy (non-hydrogen) atoms. The molecule has 1 saturated heterocycles. The molecule has 3 aromatic rings. The van der Waals surface area contributed by atoms with E-state index in [1.54, 1.807) is 0 Å². The molecule has 1 aliphatic heterocycles. The molecule has 3 amide bonds. The molecule has 0 aromatic heterocycles. The van der Waals surface area contributed by atoms with Gasteiger partial charge in [0.05, 0.1) is 21.9 Å². The summed E-state index contributed by atoms with van der Waals surface area (Å²) in [6.07, 6.45) is 0. The zero-order valence-electron chi connectivity index (χ0n) is 16.6. The Labute approximate surface area is 193 Å². The van der Waals surface area contributed by atoms with Crippen LogP contribution in [0.2, 0.25) is 10.0 Å². The molecule has 0 saturated carbocycles. The molecule has 0 unspecified atom stereocenters. The second-order valence-electron chi connectivity index (χ2n) is 8.35. The molecule has 0 spiro atoms. The number of nitrogens with one attached hydrogen (secondary N) is 1. The summed E-state index contributed by atoms with van der Waals surface area (Å²) in [4.78, 5) is 39.8. The maximum absolute atomic E-state index is 13.5. The average molecular weight is 463 g/mol. The van der Waals surface area contributed by atoms with E-state index in [0.29, 0.717) is 5.02 Å². The van der Waals surface area contributed by atoms with Crippen LogP contribution in [0.15, 0.2) is 66.7 Å². The quantitative estimate of drug-likeness (QED) is 0.568. The van der Waals surface area contributed by atoms with Crippen LogP contribution in [0.1, 0.15) is 44.4 Å². The molecule has 1 N–H and O–H groups in total. The molecule has 4 aliphatic rings. The Bertz CT molecular complexity index is 1220. The van der Waals surface area contributed by atoms with Crippen LogP contribution in [-0.2, 0) is 9.59 Å². The van der Waals surface area contributed by atoms with Crippen molar-refractivity contribution in [3.05, 3.63) is 105 Å². The fourth-order valence-corrected chi connectivity index (χ4v) is 5.89. The number of amides is 3. The summed E-state index contributed by atoms with van der Waals surface area (Å²) < 4.78 is 0. The standard InChI is InChI=1S/C25H16Cl2N2O3/c26-17-10-9-12(11-18(17)27)23(30)28-29-24(31)21-19-13-5-1-2-6-14(13)20(22(21)25(29)32)16-8-4-3-7-15(16)19/h1-11,19-22H,(H,28,30)/t19?,20?,21-,22-/m0/s1. The van der Waals surface area contributed by atoms with Crippen molar-refractivity contribution >= 4 is 40.9 Å². The summed E-state index contributed by atoms with van der Waals surface area (Å²) in [6, 6.07) is 20.4. The largest absolute Gasteiger partial charge is 0.272 e. The van der Waals surface area contributed by atoms with Gasteiger partial charge in [-0.25, -0.2) is 0 Å². The first-order chi connectivity index (χ1) is 15.5. The number of hydrazine groups is 1. The predicted octanol–water partition coefficient (Wildman–Crippen LogP) is 4.53. The first-order valence-electron chi connectivity index (χ1n) is 10.3. The number of halogens is 2. The van der Waals surface area contributed by atoms with Gasteiger partial charge in [0, 0.05) is 17.4 Å². The van der Waals surface area contributed by atoms with Crippen LogP contribution in [0.4, 0.5) is 0 Å². The lowest BCUT2D eigenvalue weighted by molar-refractivity contribution is -0.142. The van der Waals surface area contributed by atoms with Crippen LogP contribution in [-0.4, -0.2) is 22.7 Å². The van der Waals surface area contributed by atoms with Crippen molar-refractivity contribution in [2.45, 2.75) is 11.8 Å². The molecular weight excluding hydrogens is 447 g/mol. The monoisotopic (exact) mass is 462 g/mol. The number of rotatable bonds is 2. The normalized spacial score (nSPS) is 24.8. The van der Waals surface area contributed by atoms with Crippen molar-refractivity contribution in [3.63, 3.8) is 0 Å². The van der Waals surface area contributed by atoms with Gasteiger partial charge in [0.1, 0.15) is 0 Å². The fraction of sp³-hybridized carbons (Fsp3) is 0.160. The van der Waals surface area contributed by atoms with Crippen LogP contribution in [0, 0.1) is 11.8 Å². The number of hydrogen-bond donors (Lipinski definition) is 1. The van der Waals surface area contributed by atoms with E-state index in [1.165, 1.54) is 18.2 Å². The van der Waals surface area contributed by atoms with Crippen molar-refractivity contribution in [2.75, 3.05) is 0 Å². The number of hydrogen-bond acceptors (Lipinski definition) is 3. The maximum atomic E-state index is 13.5. The van der Waals surface area contributed by atoms with Crippen molar-refractivity contribution in [1.29, 1.82) is 0 Å². The third-order valence-corrected chi connectivity index (χ3v) is 7.58. The summed E-state index contributed by atoms with van der Waals surface area (Å²) in [5.41, 5.74) is 7.05. The van der Waals surface area contributed by atoms with Crippen LogP contribution >= 0.6 is 23.2 Å². The Hall–Kier alpha value is -3.15. The first-order valence-corrected chi connectivity index (χ1v) is 11.0. The van der Waals surface area contributed by atoms with E-state index in [2.05, 4.69) is 5.43 Å². The van der Waals surface area contributed by atoms with Crippen molar-refractivity contribution in [1.82, 2.24) is 10.4 Å². The summed E-state index contributed by atoms with van der Waals surface area (Å²) in [7, 11) is 0. The molecule has 7 rings (SSSR count). The summed E-state index contributed by atoms with van der Waals surface area (Å²) >= 11 is 12.0. The molecule has 3 aromatic carbocycles. The number of carbonyl (C=O) groups is 3. The fourth-order valence-electron chi connectivity index (χ4n) is 5.59. The van der Waals surface area contributed by atoms with E-state index >= 15 is 0 Å².